The number of hydrogen-bond donors (Lipinski definition) is 1. The summed E-state index contributed by atoms with van der Waals surface area (Å²) in [6.45, 7) is 9.12. The molecular formula is C18H29NO. The Bertz CT molecular complexity index is 453. The van der Waals surface area contributed by atoms with Gasteiger partial charge in [-0.15, -0.1) is 0 Å². The molecule has 112 valence electrons. The predicted molar refractivity (Wildman–Crippen MR) is 85.3 cm³/mol. The maximum Gasteiger partial charge on any atom is 0.123 e. The zero-order valence-corrected chi connectivity index (χ0v) is 13.6. The molecule has 0 heterocycles. The van der Waals surface area contributed by atoms with Crippen molar-refractivity contribution >= 4 is 0 Å². The van der Waals surface area contributed by atoms with Crippen molar-refractivity contribution in [1.29, 1.82) is 0 Å². The van der Waals surface area contributed by atoms with Crippen LogP contribution in [0.25, 0.3) is 0 Å². The molecule has 0 saturated heterocycles. The molecule has 0 amide bonds. The summed E-state index contributed by atoms with van der Waals surface area (Å²) in [6.07, 6.45) is 5.25. The van der Waals surface area contributed by atoms with Crippen molar-refractivity contribution < 1.29 is 4.74 Å². The Balaban J connectivity index is 2.06. The molecule has 2 heteroatoms. The van der Waals surface area contributed by atoms with Crippen LogP contribution in [-0.4, -0.2) is 13.2 Å². The van der Waals surface area contributed by atoms with E-state index in [2.05, 4.69) is 51.2 Å². The van der Waals surface area contributed by atoms with Gasteiger partial charge in [0.15, 0.2) is 0 Å². The van der Waals surface area contributed by atoms with Gasteiger partial charge >= 0.3 is 0 Å². The van der Waals surface area contributed by atoms with Crippen molar-refractivity contribution in [2.24, 2.45) is 5.41 Å². The average Bonchev–Trinajstić information content (AvgIpc) is 2.37. The van der Waals surface area contributed by atoms with E-state index < -0.39 is 0 Å². The van der Waals surface area contributed by atoms with Gasteiger partial charge in [0.1, 0.15) is 5.75 Å². The minimum atomic E-state index is 0.337. The van der Waals surface area contributed by atoms with Gasteiger partial charge < -0.3 is 10.1 Å². The van der Waals surface area contributed by atoms with Crippen molar-refractivity contribution in [2.75, 3.05) is 7.11 Å². The molecule has 1 aliphatic rings. The third kappa shape index (κ3) is 3.76. The van der Waals surface area contributed by atoms with Gasteiger partial charge in [0.25, 0.3) is 0 Å². The van der Waals surface area contributed by atoms with Gasteiger partial charge in [0.05, 0.1) is 7.11 Å². The minimum Gasteiger partial charge on any atom is -0.496 e. The smallest absolute Gasteiger partial charge is 0.123 e. The van der Waals surface area contributed by atoms with E-state index in [4.69, 9.17) is 4.74 Å². The largest absolute Gasteiger partial charge is 0.496 e. The van der Waals surface area contributed by atoms with E-state index in [0.29, 0.717) is 17.5 Å². The Kier molecular flexibility index (Phi) is 4.74. The molecule has 1 fully saturated rings. The number of benzene rings is 1. The molecule has 0 spiro atoms. The fourth-order valence-corrected chi connectivity index (χ4v) is 3.46. The maximum absolute atomic E-state index is 5.54. The van der Waals surface area contributed by atoms with Crippen LogP contribution < -0.4 is 10.1 Å². The predicted octanol–water partition coefficient (Wildman–Crippen LogP) is 4.62. The molecule has 1 aliphatic carbocycles. The molecule has 2 rings (SSSR count). The first-order chi connectivity index (χ1) is 9.41. The molecule has 0 aromatic heterocycles. The summed E-state index contributed by atoms with van der Waals surface area (Å²) in [5, 5.41) is 3.80. The fourth-order valence-electron chi connectivity index (χ4n) is 3.46. The molecular weight excluding hydrogens is 246 g/mol. The van der Waals surface area contributed by atoms with Crippen LogP contribution in [0.2, 0.25) is 0 Å². The van der Waals surface area contributed by atoms with Crippen LogP contribution in [0.3, 0.4) is 0 Å². The number of rotatable bonds is 4. The zero-order valence-electron chi connectivity index (χ0n) is 13.6. The summed E-state index contributed by atoms with van der Waals surface area (Å²) >= 11 is 0. The second kappa shape index (κ2) is 6.17. The second-order valence-corrected chi connectivity index (χ2v) is 7.09. The topological polar surface area (TPSA) is 21.3 Å². The van der Waals surface area contributed by atoms with Gasteiger partial charge in [0.2, 0.25) is 0 Å². The van der Waals surface area contributed by atoms with Crippen LogP contribution in [0.15, 0.2) is 18.2 Å². The van der Waals surface area contributed by atoms with Gasteiger partial charge in [-0.05, 0) is 50.2 Å². The van der Waals surface area contributed by atoms with Crippen LogP contribution in [-0.2, 0) is 0 Å². The molecule has 0 radical (unpaired) electrons. The van der Waals surface area contributed by atoms with Crippen molar-refractivity contribution in [3.05, 3.63) is 29.3 Å². The monoisotopic (exact) mass is 275 g/mol. The lowest BCUT2D eigenvalue weighted by Crippen LogP contribution is -2.38. The van der Waals surface area contributed by atoms with E-state index in [9.17, 15) is 0 Å². The number of aryl methyl sites for hydroxylation is 1. The lowest BCUT2D eigenvalue weighted by Gasteiger charge is -2.37. The maximum atomic E-state index is 5.54. The van der Waals surface area contributed by atoms with Gasteiger partial charge in [-0.3, -0.25) is 0 Å². The molecule has 1 aromatic rings. The number of hydrogen-bond acceptors (Lipinski definition) is 2. The summed E-state index contributed by atoms with van der Waals surface area (Å²) in [6, 6.07) is 7.45. The van der Waals surface area contributed by atoms with E-state index in [1.54, 1.807) is 7.11 Å². The highest BCUT2D eigenvalue weighted by Gasteiger charge is 2.29. The first-order valence-corrected chi connectivity index (χ1v) is 7.82. The summed E-state index contributed by atoms with van der Waals surface area (Å²) in [4.78, 5) is 0. The van der Waals surface area contributed by atoms with Crippen molar-refractivity contribution in [3.63, 3.8) is 0 Å². The Morgan fingerprint density at radius 1 is 1.35 bits per heavy atom. The van der Waals surface area contributed by atoms with Crippen LogP contribution >= 0.6 is 0 Å². The van der Waals surface area contributed by atoms with Gasteiger partial charge in [-0.2, -0.15) is 0 Å². The Labute approximate surface area is 123 Å². The van der Waals surface area contributed by atoms with E-state index in [1.165, 1.54) is 36.8 Å². The summed E-state index contributed by atoms with van der Waals surface area (Å²) in [5.74, 6) is 1.00. The van der Waals surface area contributed by atoms with Crippen molar-refractivity contribution in [1.82, 2.24) is 5.32 Å². The molecule has 2 atom stereocenters. The highest BCUT2D eigenvalue weighted by molar-refractivity contribution is 5.39. The van der Waals surface area contributed by atoms with Crippen molar-refractivity contribution in [3.8, 4) is 5.75 Å². The number of nitrogens with one attached hydrogen (secondary N) is 1. The van der Waals surface area contributed by atoms with Crippen LogP contribution in [0.5, 0.6) is 5.75 Å². The molecule has 0 bridgehead atoms. The third-order valence-electron chi connectivity index (χ3n) is 4.55. The molecule has 0 aliphatic heterocycles. The van der Waals surface area contributed by atoms with Crippen LogP contribution in [0.4, 0.5) is 0 Å². The number of ether oxygens (including phenoxy) is 1. The van der Waals surface area contributed by atoms with E-state index in [-0.39, 0.29) is 0 Å². The zero-order chi connectivity index (χ0) is 14.8. The lowest BCUT2D eigenvalue weighted by atomic mass is 9.75. The van der Waals surface area contributed by atoms with Crippen molar-refractivity contribution in [2.45, 2.75) is 65.5 Å². The number of methoxy groups -OCH3 is 1. The highest BCUT2D eigenvalue weighted by Crippen LogP contribution is 2.36. The Morgan fingerprint density at radius 2 is 2.10 bits per heavy atom. The average molecular weight is 275 g/mol. The van der Waals surface area contributed by atoms with Crippen LogP contribution in [0.1, 0.15) is 63.6 Å². The first-order valence-electron chi connectivity index (χ1n) is 7.82. The highest BCUT2D eigenvalue weighted by atomic mass is 16.5. The van der Waals surface area contributed by atoms with Gasteiger partial charge in [-0.1, -0.05) is 32.4 Å². The SMILES string of the molecule is COc1cc(C)ccc1C(C)NC1CCCC(C)(C)C1. The van der Waals surface area contributed by atoms with Crippen LogP contribution in [0, 0.1) is 12.3 Å². The normalized spacial score (nSPS) is 23.4. The van der Waals surface area contributed by atoms with Gasteiger partial charge in [0, 0.05) is 17.6 Å². The lowest BCUT2D eigenvalue weighted by molar-refractivity contribution is 0.190. The molecule has 2 nitrogen and oxygen atoms in total. The first kappa shape index (κ1) is 15.4. The third-order valence-corrected chi connectivity index (χ3v) is 4.55. The van der Waals surface area contributed by atoms with E-state index in [0.717, 1.165) is 5.75 Å². The summed E-state index contributed by atoms with van der Waals surface area (Å²) < 4.78 is 5.54. The summed E-state index contributed by atoms with van der Waals surface area (Å²) in [5.41, 5.74) is 2.99. The quantitative estimate of drug-likeness (QED) is 0.865. The summed E-state index contributed by atoms with van der Waals surface area (Å²) in [7, 11) is 1.76. The Hall–Kier alpha value is -1.02. The standard InChI is InChI=1S/C18H29NO/c1-13-8-9-16(17(11-13)20-5)14(2)19-15-7-6-10-18(3,4)12-15/h8-9,11,14-15,19H,6-7,10,12H2,1-5H3. The molecule has 1 saturated carbocycles. The molecule has 2 unspecified atom stereocenters. The minimum absolute atomic E-state index is 0.337. The van der Waals surface area contributed by atoms with E-state index in [1.807, 2.05) is 0 Å². The molecule has 1 aromatic carbocycles. The fraction of sp³-hybridized carbons (Fsp3) is 0.667. The second-order valence-electron chi connectivity index (χ2n) is 7.09. The van der Waals surface area contributed by atoms with E-state index >= 15 is 0 Å². The molecule has 1 N–H and O–H groups in total. The van der Waals surface area contributed by atoms with Gasteiger partial charge in [-0.25, -0.2) is 0 Å². The Morgan fingerprint density at radius 3 is 2.75 bits per heavy atom. The molecule has 20 heavy (non-hydrogen) atoms.